The number of likely N-dealkylation sites (N-methyl/N-ethyl adjacent to an activating group) is 1. The number of ether oxygens (including phenoxy) is 1. The number of benzene rings is 1. The van der Waals surface area contributed by atoms with Crippen molar-refractivity contribution in [2.24, 2.45) is 0 Å². The average Bonchev–Trinajstić information content (AvgIpc) is 2.71. The van der Waals surface area contributed by atoms with Gasteiger partial charge >= 0.3 is 0 Å². The van der Waals surface area contributed by atoms with Gasteiger partial charge in [-0.25, -0.2) is 4.98 Å². The average molecular weight is 370 g/mol. The smallest absolute Gasteiger partial charge is 0.255 e. The summed E-state index contributed by atoms with van der Waals surface area (Å²) in [4.78, 5) is 21.3. The minimum atomic E-state index is -0.113. The van der Waals surface area contributed by atoms with E-state index in [0.717, 1.165) is 24.4 Å². The number of hydrogen-bond acceptors (Lipinski definition) is 5. The summed E-state index contributed by atoms with van der Waals surface area (Å²) in [6.07, 6.45) is 1.70. The van der Waals surface area contributed by atoms with Gasteiger partial charge in [0.1, 0.15) is 11.6 Å². The monoisotopic (exact) mass is 370 g/mol. The van der Waals surface area contributed by atoms with Gasteiger partial charge in [0, 0.05) is 26.8 Å². The molecular formula is C21H30N4O2. The highest BCUT2D eigenvalue weighted by Crippen LogP contribution is 2.23. The van der Waals surface area contributed by atoms with Crippen LogP contribution in [-0.4, -0.2) is 56.6 Å². The molecule has 1 unspecified atom stereocenters. The molecule has 0 saturated heterocycles. The fourth-order valence-electron chi connectivity index (χ4n) is 3.16. The number of pyridine rings is 1. The lowest BCUT2D eigenvalue weighted by molar-refractivity contribution is 0.0935. The SMILES string of the molecule is CCN(CC)C(CNC(=O)c1cccnc1N(C)C)c1ccc(OC)cc1. The number of anilines is 1. The van der Waals surface area contributed by atoms with Gasteiger partial charge in [-0.3, -0.25) is 9.69 Å². The van der Waals surface area contributed by atoms with Crippen LogP contribution in [0.4, 0.5) is 5.82 Å². The number of hydrogen-bond donors (Lipinski definition) is 1. The molecule has 6 nitrogen and oxygen atoms in total. The van der Waals surface area contributed by atoms with E-state index in [1.165, 1.54) is 0 Å². The molecule has 146 valence electrons. The third-order valence-electron chi connectivity index (χ3n) is 4.66. The minimum absolute atomic E-state index is 0.0920. The highest BCUT2D eigenvalue weighted by Gasteiger charge is 2.20. The van der Waals surface area contributed by atoms with Crippen molar-refractivity contribution in [3.8, 4) is 5.75 Å². The summed E-state index contributed by atoms with van der Waals surface area (Å²) in [5.41, 5.74) is 1.73. The van der Waals surface area contributed by atoms with Gasteiger partial charge in [-0.1, -0.05) is 26.0 Å². The maximum atomic E-state index is 12.8. The molecule has 1 N–H and O–H groups in total. The van der Waals surface area contributed by atoms with E-state index in [1.54, 1.807) is 25.4 Å². The molecule has 1 amide bonds. The van der Waals surface area contributed by atoms with Crippen LogP contribution in [-0.2, 0) is 0 Å². The molecule has 1 atom stereocenters. The molecule has 0 fully saturated rings. The Bertz CT molecular complexity index is 727. The Balaban J connectivity index is 2.19. The molecule has 0 bridgehead atoms. The van der Waals surface area contributed by atoms with Crippen molar-refractivity contribution in [3.63, 3.8) is 0 Å². The van der Waals surface area contributed by atoms with Crippen LogP contribution < -0.4 is 15.0 Å². The Morgan fingerprint density at radius 1 is 1.15 bits per heavy atom. The van der Waals surface area contributed by atoms with Crippen LogP contribution in [0, 0.1) is 0 Å². The first-order valence-electron chi connectivity index (χ1n) is 9.30. The molecule has 2 aromatic rings. The van der Waals surface area contributed by atoms with Gasteiger partial charge in [-0.05, 0) is 42.9 Å². The highest BCUT2D eigenvalue weighted by atomic mass is 16.5. The molecule has 0 radical (unpaired) electrons. The second-order valence-corrected chi connectivity index (χ2v) is 6.49. The Labute approximate surface area is 162 Å². The molecule has 1 aromatic heterocycles. The Hall–Kier alpha value is -2.60. The van der Waals surface area contributed by atoms with Crippen molar-refractivity contribution in [1.82, 2.24) is 15.2 Å². The molecule has 6 heteroatoms. The zero-order valence-electron chi connectivity index (χ0n) is 16.9. The quantitative estimate of drug-likeness (QED) is 0.735. The fraction of sp³-hybridized carbons (Fsp3) is 0.429. The van der Waals surface area contributed by atoms with E-state index in [0.29, 0.717) is 17.9 Å². The summed E-state index contributed by atoms with van der Waals surface area (Å²) in [6, 6.07) is 11.7. The van der Waals surface area contributed by atoms with E-state index in [1.807, 2.05) is 31.1 Å². The molecule has 1 aromatic carbocycles. The number of nitrogens with zero attached hydrogens (tertiary/aromatic N) is 3. The van der Waals surface area contributed by atoms with Crippen molar-refractivity contribution in [3.05, 3.63) is 53.7 Å². The molecule has 0 spiro atoms. The normalized spacial score (nSPS) is 11.9. The first-order chi connectivity index (χ1) is 13.0. The van der Waals surface area contributed by atoms with Gasteiger partial charge in [-0.15, -0.1) is 0 Å². The lowest BCUT2D eigenvalue weighted by atomic mass is 10.0. The lowest BCUT2D eigenvalue weighted by Gasteiger charge is -2.30. The fourth-order valence-corrected chi connectivity index (χ4v) is 3.16. The standard InChI is InChI=1S/C21H30N4O2/c1-6-25(7-2)19(16-10-12-17(27-5)13-11-16)15-23-21(26)18-9-8-14-22-20(18)24(3)4/h8-14,19H,6-7,15H2,1-5H3,(H,23,26). The van der Waals surface area contributed by atoms with E-state index in [-0.39, 0.29) is 11.9 Å². The molecule has 0 aliphatic rings. The number of amides is 1. The second-order valence-electron chi connectivity index (χ2n) is 6.49. The van der Waals surface area contributed by atoms with Crippen LogP contribution in [0.15, 0.2) is 42.6 Å². The van der Waals surface area contributed by atoms with E-state index in [2.05, 4.69) is 41.2 Å². The first-order valence-corrected chi connectivity index (χ1v) is 9.30. The number of methoxy groups -OCH3 is 1. The Morgan fingerprint density at radius 2 is 1.81 bits per heavy atom. The van der Waals surface area contributed by atoms with Crippen molar-refractivity contribution < 1.29 is 9.53 Å². The molecule has 2 rings (SSSR count). The predicted molar refractivity (Wildman–Crippen MR) is 110 cm³/mol. The number of carbonyl (C=O) groups is 1. The van der Waals surface area contributed by atoms with E-state index < -0.39 is 0 Å². The Kier molecular flexibility index (Phi) is 7.61. The van der Waals surface area contributed by atoms with Gasteiger partial charge < -0.3 is 15.0 Å². The van der Waals surface area contributed by atoms with Gasteiger partial charge in [0.2, 0.25) is 0 Å². The number of rotatable bonds is 9. The molecule has 1 heterocycles. The zero-order chi connectivity index (χ0) is 19.8. The minimum Gasteiger partial charge on any atom is -0.497 e. The van der Waals surface area contributed by atoms with Gasteiger partial charge in [0.25, 0.3) is 5.91 Å². The maximum absolute atomic E-state index is 12.8. The molecule has 0 aliphatic carbocycles. The number of aromatic nitrogens is 1. The molecular weight excluding hydrogens is 340 g/mol. The van der Waals surface area contributed by atoms with Crippen molar-refractivity contribution in [1.29, 1.82) is 0 Å². The summed E-state index contributed by atoms with van der Waals surface area (Å²) in [5.74, 6) is 1.38. The molecule has 27 heavy (non-hydrogen) atoms. The molecule has 0 saturated carbocycles. The third kappa shape index (κ3) is 5.20. The summed E-state index contributed by atoms with van der Waals surface area (Å²) in [5, 5.41) is 3.09. The summed E-state index contributed by atoms with van der Waals surface area (Å²) in [7, 11) is 5.43. The first kappa shape index (κ1) is 20.7. The van der Waals surface area contributed by atoms with Crippen LogP contribution in [0.25, 0.3) is 0 Å². The van der Waals surface area contributed by atoms with Gasteiger partial charge in [0.05, 0.1) is 18.7 Å². The van der Waals surface area contributed by atoms with Gasteiger partial charge in [-0.2, -0.15) is 0 Å². The van der Waals surface area contributed by atoms with Crippen LogP contribution in [0.1, 0.15) is 35.8 Å². The van der Waals surface area contributed by atoms with E-state index in [9.17, 15) is 4.79 Å². The topological polar surface area (TPSA) is 57.7 Å². The van der Waals surface area contributed by atoms with Crippen LogP contribution in [0.5, 0.6) is 5.75 Å². The highest BCUT2D eigenvalue weighted by molar-refractivity contribution is 5.98. The number of nitrogens with one attached hydrogen (secondary N) is 1. The number of carbonyl (C=O) groups excluding carboxylic acids is 1. The van der Waals surface area contributed by atoms with Crippen LogP contribution >= 0.6 is 0 Å². The van der Waals surface area contributed by atoms with E-state index >= 15 is 0 Å². The third-order valence-corrected chi connectivity index (χ3v) is 4.66. The van der Waals surface area contributed by atoms with Gasteiger partial charge in [0.15, 0.2) is 0 Å². The predicted octanol–water partition coefficient (Wildman–Crippen LogP) is 2.97. The van der Waals surface area contributed by atoms with Crippen LogP contribution in [0.2, 0.25) is 0 Å². The van der Waals surface area contributed by atoms with Crippen molar-refractivity contribution >= 4 is 11.7 Å². The summed E-state index contributed by atoms with van der Waals surface area (Å²) in [6.45, 7) is 6.59. The summed E-state index contributed by atoms with van der Waals surface area (Å²) < 4.78 is 5.26. The van der Waals surface area contributed by atoms with E-state index in [4.69, 9.17) is 4.74 Å². The maximum Gasteiger partial charge on any atom is 0.255 e. The summed E-state index contributed by atoms with van der Waals surface area (Å²) >= 11 is 0. The molecule has 0 aliphatic heterocycles. The Morgan fingerprint density at radius 3 is 2.37 bits per heavy atom. The lowest BCUT2D eigenvalue weighted by Crippen LogP contribution is -2.38. The van der Waals surface area contributed by atoms with Crippen molar-refractivity contribution in [2.75, 3.05) is 45.7 Å². The zero-order valence-corrected chi connectivity index (χ0v) is 16.9. The second kappa shape index (κ2) is 9.92. The van der Waals surface area contributed by atoms with Crippen molar-refractivity contribution in [2.45, 2.75) is 19.9 Å². The van der Waals surface area contributed by atoms with Crippen LogP contribution in [0.3, 0.4) is 0 Å². The largest absolute Gasteiger partial charge is 0.497 e.